The number of benzene rings is 1. The molecule has 0 bridgehead atoms. The maximum absolute atomic E-state index is 12.7. The van der Waals surface area contributed by atoms with Crippen LogP contribution in [0.4, 0.5) is 4.39 Å². The highest BCUT2D eigenvalue weighted by molar-refractivity contribution is 6.34. The topological polar surface area (TPSA) is 42.0 Å². The molecule has 19 heavy (non-hydrogen) atoms. The van der Waals surface area contributed by atoms with E-state index in [0.717, 1.165) is 5.56 Å². The third-order valence-corrected chi connectivity index (χ3v) is 2.91. The number of hydrogen-bond donors (Lipinski definition) is 1. The summed E-state index contributed by atoms with van der Waals surface area (Å²) >= 11 is 11.6. The lowest BCUT2D eigenvalue weighted by atomic mass is 10.2. The molecule has 0 unspecified atom stereocenters. The Bertz CT molecular complexity index is 602. The molecule has 0 radical (unpaired) electrons. The fraction of sp³-hybridized carbons (Fsp3) is 0.0769. The highest BCUT2D eigenvalue weighted by Crippen LogP contribution is 2.16. The predicted octanol–water partition coefficient (Wildman–Crippen LogP) is 3.46. The number of carbonyl (C=O) groups is 1. The standard InChI is InChI=1S/C13H9Cl2FN2O/c14-10-5-6-11(15)18-12(10)13(19)17-7-8-1-3-9(16)4-2-8/h1-6H,7H2,(H,17,19). The second-order valence-electron chi connectivity index (χ2n) is 3.77. The third-order valence-electron chi connectivity index (χ3n) is 2.39. The van der Waals surface area contributed by atoms with Crippen LogP contribution in [0.25, 0.3) is 0 Å². The Balaban J connectivity index is 2.05. The molecule has 1 aromatic heterocycles. The zero-order valence-electron chi connectivity index (χ0n) is 9.66. The molecule has 0 spiro atoms. The summed E-state index contributed by atoms with van der Waals surface area (Å²) in [4.78, 5) is 15.7. The minimum Gasteiger partial charge on any atom is -0.347 e. The van der Waals surface area contributed by atoms with E-state index in [4.69, 9.17) is 23.2 Å². The van der Waals surface area contributed by atoms with Crippen LogP contribution in [0, 0.1) is 5.82 Å². The van der Waals surface area contributed by atoms with Crippen molar-refractivity contribution in [1.29, 1.82) is 0 Å². The first-order chi connectivity index (χ1) is 9.06. The molecule has 1 N–H and O–H groups in total. The van der Waals surface area contributed by atoms with Crippen molar-refractivity contribution < 1.29 is 9.18 Å². The number of rotatable bonds is 3. The van der Waals surface area contributed by atoms with E-state index in [1.807, 2.05) is 0 Å². The lowest BCUT2D eigenvalue weighted by Crippen LogP contribution is -2.24. The summed E-state index contributed by atoms with van der Waals surface area (Å²) in [6.45, 7) is 0.254. The Morgan fingerprint density at radius 2 is 1.84 bits per heavy atom. The molecule has 0 fully saturated rings. The van der Waals surface area contributed by atoms with E-state index < -0.39 is 5.91 Å². The normalized spacial score (nSPS) is 10.3. The summed E-state index contributed by atoms with van der Waals surface area (Å²) in [5.41, 5.74) is 0.837. The van der Waals surface area contributed by atoms with Gasteiger partial charge >= 0.3 is 0 Å². The van der Waals surface area contributed by atoms with Gasteiger partial charge in [-0.1, -0.05) is 35.3 Å². The van der Waals surface area contributed by atoms with Crippen LogP contribution >= 0.6 is 23.2 Å². The van der Waals surface area contributed by atoms with E-state index in [9.17, 15) is 9.18 Å². The number of nitrogens with one attached hydrogen (secondary N) is 1. The summed E-state index contributed by atoms with van der Waals surface area (Å²) in [7, 11) is 0. The largest absolute Gasteiger partial charge is 0.347 e. The molecule has 1 aromatic carbocycles. The molecule has 3 nitrogen and oxygen atoms in total. The quantitative estimate of drug-likeness (QED) is 0.882. The van der Waals surface area contributed by atoms with Crippen LogP contribution in [-0.2, 0) is 6.54 Å². The van der Waals surface area contributed by atoms with Gasteiger partial charge in [-0.2, -0.15) is 0 Å². The van der Waals surface area contributed by atoms with E-state index >= 15 is 0 Å². The molecule has 0 aliphatic heterocycles. The predicted molar refractivity (Wildman–Crippen MR) is 71.8 cm³/mol. The Kier molecular flexibility index (Phi) is 4.35. The smallest absolute Gasteiger partial charge is 0.271 e. The third kappa shape index (κ3) is 3.66. The second kappa shape index (κ2) is 5.99. The molecule has 6 heteroatoms. The fourth-order valence-corrected chi connectivity index (χ4v) is 1.78. The van der Waals surface area contributed by atoms with Crippen molar-refractivity contribution in [3.05, 3.63) is 63.6 Å². The number of aromatic nitrogens is 1. The molecule has 0 aliphatic rings. The monoisotopic (exact) mass is 298 g/mol. The van der Waals surface area contributed by atoms with Crippen molar-refractivity contribution in [3.63, 3.8) is 0 Å². The van der Waals surface area contributed by atoms with Gasteiger partial charge in [0.05, 0.1) is 5.02 Å². The second-order valence-corrected chi connectivity index (χ2v) is 4.57. The number of halogens is 3. The minimum atomic E-state index is -0.433. The van der Waals surface area contributed by atoms with E-state index in [1.54, 1.807) is 12.1 Å². The molecule has 0 aliphatic carbocycles. The molecule has 0 saturated heterocycles. The number of pyridine rings is 1. The van der Waals surface area contributed by atoms with Gasteiger partial charge in [0.1, 0.15) is 16.7 Å². The minimum absolute atomic E-state index is 0.0660. The Morgan fingerprint density at radius 1 is 1.16 bits per heavy atom. The van der Waals surface area contributed by atoms with Gasteiger partial charge in [0.2, 0.25) is 0 Å². The van der Waals surface area contributed by atoms with Gasteiger partial charge in [-0.05, 0) is 29.8 Å². The van der Waals surface area contributed by atoms with Gasteiger partial charge in [-0.25, -0.2) is 9.37 Å². The van der Waals surface area contributed by atoms with Crippen LogP contribution in [0.3, 0.4) is 0 Å². The zero-order chi connectivity index (χ0) is 13.8. The van der Waals surface area contributed by atoms with Gasteiger partial charge in [-0.15, -0.1) is 0 Å². The van der Waals surface area contributed by atoms with Crippen LogP contribution in [0.2, 0.25) is 10.2 Å². The molecule has 1 amide bonds. The Hall–Kier alpha value is -1.65. The van der Waals surface area contributed by atoms with Gasteiger partial charge in [-0.3, -0.25) is 4.79 Å². The lowest BCUT2D eigenvalue weighted by Gasteiger charge is -2.06. The van der Waals surface area contributed by atoms with Crippen LogP contribution in [0.1, 0.15) is 16.1 Å². The lowest BCUT2D eigenvalue weighted by molar-refractivity contribution is 0.0946. The first-order valence-electron chi connectivity index (χ1n) is 5.41. The summed E-state index contributed by atoms with van der Waals surface area (Å²) in [5, 5.41) is 3.05. The van der Waals surface area contributed by atoms with E-state index in [0.29, 0.717) is 0 Å². The number of carbonyl (C=O) groups excluding carboxylic acids is 1. The van der Waals surface area contributed by atoms with Gasteiger partial charge in [0, 0.05) is 6.54 Å². The number of hydrogen-bond acceptors (Lipinski definition) is 2. The fourth-order valence-electron chi connectivity index (χ4n) is 1.45. The van der Waals surface area contributed by atoms with Crippen LogP contribution in [0.5, 0.6) is 0 Å². The van der Waals surface area contributed by atoms with Crippen molar-refractivity contribution in [1.82, 2.24) is 10.3 Å². The first kappa shape index (κ1) is 13.8. The number of amides is 1. The molecule has 98 valence electrons. The van der Waals surface area contributed by atoms with Crippen molar-refractivity contribution in [2.75, 3.05) is 0 Å². The number of nitrogens with zero attached hydrogens (tertiary/aromatic N) is 1. The van der Waals surface area contributed by atoms with Gasteiger partial charge in [0.15, 0.2) is 0 Å². The van der Waals surface area contributed by atoms with Crippen LogP contribution < -0.4 is 5.32 Å². The first-order valence-corrected chi connectivity index (χ1v) is 6.16. The zero-order valence-corrected chi connectivity index (χ0v) is 11.2. The molecule has 0 saturated carbocycles. The SMILES string of the molecule is O=C(NCc1ccc(F)cc1)c1nc(Cl)ccc1Cl. The molecule has 2 aromatic rings. The molecular formula is C13H9Cl2FN2O. The van der Waals surface area contributed by atoms with E-state index in [-0.39, 0.29) is 28.2 Å². The average Bonchev–Trinajstić information content (AvgIpc) is 2.40. The average molecular weight is 299 g/mol. The highest BCUT2D eigenvalue weighted by Gasteiger charge is 2.12. The summed E-state index contributed by atoms with van der Waals surface area (Å²) in [5.74, 6) is -0.758. The molecule has 0 atom stereocenters. The Morgan fingerprint density at radius 3 is 2.53 bits per heavy atom. The molecular weight excluding hydrogens is 290 g/mol. The van der Waals surface area contributed by atoms with Crippen molar-refractivity contribution in [3.8, 4) is 0 Å². The maximum atomic E-state index is 12.7. The van der Waals surface area contributed by atoms with Crippen molar-refractivity contribution in [2.24, 2.45) is 0 Å². The van der Waals surface area contributed by atoms with Crippen LogP contribution in [-0.4, -0.2) is 10.9 Å². The van der Waals surface area contributed by atoms with Crippen molar-refractivity contribution >= 4 is 29.1 Å². The summed E-state index contributed by atoms with van der Waals surface area (Å²) < 4.78 is 12.7. The summed E-state index contributed by atoms with van der Waals surface area (Å²) in [6.07, 6.45) is 0. The Labute approximate surface area is 119 Å². The van der Waals surface area contributed by atoms with Gasteiger partial charge in [0.25, 0.3) is 5.91 Å². The van der Waals surface area contributed by atoms with Crippen LogP contribution in [0.15, 0.2) is 36.4 Å². The van der Waals surface area contributed by atoms with E-state index in [2.05, 4.69) is 10.3 Å². The highest BCUT2D eigenvalue weighted by atomic mass is 35.5. The van der Waals surface area contributed by atoms with Crippen molar-refractivity contribution in [2.45, 2.75) is 6.54 Å². The molecule has 1 heterocycles. The van der Waals surface area contributed by atoms with Gasteiger partial charge < -0.3 is 5.32 Å². The van der Waals surface area contributed by atoms with E-state index in [1.165, 1.54) is 24.3 Å². The molecule has 2 rings (SSSR count). The maximum Gasteiger partial charge on any atom is 0.271 e. The summed E-state index contributed by atoms with van der Waals surface area (Å²) in [6, 6.07) is 8.83.